The summed E-state index contributed by atoms with van der Waals surface area (Å²) in [5, 5.41) is 0. The minimum absolute atomic E-state index is 0.478. The van der Waals surface area contributed by atoms with E-state index in [-0.39, 0.29) is 0 Å². The summed E-state index contributed by atoms with van der Waals surface area (Å²) in [6, 6.07) is 0. The molecule has 1 atom stereocenters. The van der Waals surface area contributed by atoms with Crippen LogP contribution in [0.2, 0.25) is 0 Å². The van der Waals surface area contributed by atoms with Gasteiger partial charge >= 0.3 is 0 Å². The molecule has 0 aromatic heterocycles. The summed E-state index contributed by atoms with van der Waals surface area (Å²) < 4.78 is 26.3. The van der Waals surface area contributed by atoms with Crippen LogP contribution in [-0.4, -0.2) is 25.8 Å². The van der Waals surface area contributed by atoms with Gasteiger partial charge in [-0.15, -0.1) is 0 Å². The average molecular weight is 257 g/mol. The fourth-order valence-electron chi connectivity index (χ4n) is 1.92. The third-order valence-corrected chi connectivity index (χ3v) is 5.11. The number of nitrogens with zero attached hydrogens (tertiary/aromatic N) is 1. The Bertz CT molecular complexity index is 417. The zero-order valence-corrected chi connectivity index (χ0v) is 12.0. The molecule has 3 nitrogen and oxygen atoms in total. The molecular formula is C13H23NO2S. The molecule has 0 bridgehead atoms. The molecule has 1 aliphatic rings. The highest BCUT2D eigenvalue weighted by molar-refractivity contribution is 7.93. The van der Waals surface area contributed by atoms with Crippen LogP contribution in [0.4, 0.5) is 0 Å². The third-order valence-electron chi connectivity index (χ3n) is 3.01. The minimum Gasteiger partial charge on any atom is -0.207 e. The summed E-state index contributed by atoms with van der Waals surface area (Å²) >= 11 is 0. The lowest BCUT2D eigenvalue weighted by Crippen LogP contribution is -2.29. The van der Waals surface area contributed by atoms with Crippen molar-refractivity contribution >= 4 is 10.0 Å². The Kier molecular flexibility index (Phi) is 4.95. The summed E-state index contributed by atoms with van der Waals surface area (Å²) in [6.45, 7) is 9.25. The van der Waals surface area contributed by atoms with Crippen LogP contribution < -0.4 is 0 Å². The molecule has 0 aromatic carbocycles. The largest absolute Gasteiger partial charge is 0.239 e. The van der Waals surface area contributed by atoms with E-state index in [4.69, 9.17) is 0 Å². The van der Waals surface area contributed by atoms with Crippen molar-refractivity contribution in [1.29, 1.82) is 0 Å². The van der Waals surface area contributed by atoms with Crippen LogP contribution in [0, 0.1) is 5.92 Å². The van der Waals surface area contributed by atoms with E-state index in [1.165, 1.54) is 0 Å². The van der Waals surface area contributed by atoms with E-state index >= 15 is 0 Å². The molecule has 98 valence electrons. The van der Waals surface area contributed by atoms with E-state index in [0.717, 1.165) is 12.0 Å². The second-order valence-corrected chi connectivity index (χ2v) is 6.98. The quantitative estimate of drug-likeness (QED) is 0.726. The molecule has 1 fully saturated rings. The van der Waals surface area contributed by atoms with Crippen molar-refractivity contribution in [2.75, 3.05) is 13.1 Å². The standard InChI is InChI=1S/C13H23NO2S/c1-5-13(7-6-11(2)3)17(15,16)14-9-8-12(4)10-14/h6-7,12H,5,8-10H2,1-4H3/b13-7+. The van der Waals surface area contributed by atoms with Gasteiger partial charge in [-0.2, -0.15) is 4.31 Å². The van der Waals surface area contributed by atoms with Crippen molar-refractivity contribution in [2.45, 2.75) is 40.5 Å². The van der Waals surface area contributed by atoms with Crippen molar-refractivity contribution in [3.8, 4) is 0 Å². The van der Waals surface area contributed by atoms with E-state index in [1.54, 1.807) is 10.4 Å². The van der Waals surface area contributed by atoms with Gasteiger partial charge in [-0.1, -0.05) is 25.5 Å². The molecule has 1 unspecified atom stereocenters. The van der Waals surface area contributed by atoms with Gasteiger partial charge in [0.25, 0.3) is 0 Å². The number of sulfonamides is 1. The summed E-state index contributed by atoms with van der Waals surface area (Å²) in [7, 11) is -3.23. The molecule has 0 N–H and O–H groups in total. The van der Waals surface area contributed by atoms with E-state index < -0.39 is 10.0 Å². The molecule has 1 aliphatic heterocycles. The molecule has 0 amide bonds. The first kappa shape index (κ1) is 14.5. The normalized spacial score (nSPS) is 22.8. The lowest BCUT2D eigenvalue weighted by atomic mass is 10.2. The third kappa shape index (κ3) is 3.68. The van der Waals surface area contributed by atoms with Crippen LogP contribution in [0.1, 0.15) is 40.5 Å². The summed E-state index contributed by atoms with van der Waals surface area (Å²) in [5.41, 5.74) is 1.11. The zero-order chi connectivity index (χ0) is 13.1. The van der Waals surface area contributed by atoms with Gasteiger partial charge in [0, 0.05) is 13.1 Å². The maximum absolute atomic E-state index is 12.4. The Balaban J connectivity index is 2.95. The highest BCUT2D eigenvalue weighted by Crippen LogP contribution is 2.24. The second-order valence-electron chi connectivity index (χ2n) is 4.99. The molecule has 1 saturated heterocycles. The number of hydrogen-bond donors (Lipinski definition) is 0. The van der Waals surface area contributed by atoms with Crippen LogP contribution in [0.25, 0.3) is 0 Å². The van der Waals surface area contributed by atoms with Crippen molar-refractivity contribution in [3.05, 3.63) is 22.6 Å². The SMILES string of the molecule is CC/C(=C\C=C(C)C)S(=O)(=O)N1CCC(C)C1. The van der Waals surface area contributed by atoms with Crippen LogP contribution in [0.3, 0.4) is 0 Å². The number of rotatable bonds is 4. The van der Waals surface area contributed by atoms with Gasteiger partial charge in [-0.3, -0.25) is 0 Å². The predicted molar refractivity (Wildman–Crippen MR) is 72.1 cm³/mol. The lowest BCUT2D eigenvalue weighted by Gasteiger charge is -2.17. The summed E-state index contributed by atoms with van der Waals surface area (Å²) in [4.78, 5) is 0.521. The summed E-state index contributed by atoms with van der Waals surface area (Å²) in [6.07, 6.45) is 5.14. The van der Waals surface area contributed by atoms with Gasteiger partial charge in [0.2, 0.25) is 10.0 Å². The Morgan fingerprint density at radius 3 is 2.41 bits per heavy atom. The van der Waals surface area contributed by atoms with Gasteiger partial charge in [0.15, 0.2) is 0 Å². The summed E-state index contributed by atoms with van der Waals surface area (Å²) in [5.74, 6) is 0.478. The molecule has 0 radical (unpaired) electrons. The van der Waals surface area contributed by atoms with Crippen LogP contribution in [0.5, 0.6) is 0 Å². The maximum atomic E-state index is 12.4. The van der Waals surface area contributed by atoms with Crippen molar-refractivity contribution in [3.63, 3.8) is 0 Å². The smallest absolute Gasteiger partial charge is 0.207 e. The van der Waals surface area contributed by atoms with E-state index in [1.807, 2.05) is 26.8 Å². The predicted octanol–water partition coefficient (Wildman–Crippen LogP) is 2.92. The highest BCUT2D eigenvalue weighted by Gasteiger charge is 2.30. The van der Waals surface area contributed by atoms with Crippen molar-refractivity contribution < 1.29 is 8.42 Å². The van der Waals surface area contributed by atoms with Gasteiger partial charge in [-0.05, 0) is 38.7 Å². The van der Waals surface area contributed by atoms with Gasteiger partial charge in [0.05, 0.1) is 4.91 Å². The van der Waals surface area contributed by atoms with E-state index in [9.17, 15) is 8.42 Å². The van der Waals surface area contributed by atoms with Crippen LogP contribution in [-0.2, 0) is 10.0 Å². The molecule has 4 heteroatoms. The van der Waals surface area contributed by atoms with E-state index in [0.29, 0.717) is 30.3 Å². The Labute approximate surface area is 105 Å². The first-order valence-electron chi connectivity index (χ1n) is 6.22. The first-order chi connectivity index (χ1) is 7.87. The molecule has 0 aromatic rings. The lowest BCUT2D eigenvalue weighted by molar-refractivity contribution is 0.469. The fourth-order valence-corrected chi connectivity index (χ4v) is 3.66. The molecule has 0 saturated carbocycles. The number of allylic oxidation sites excluding steroid dienone is 4. The second kappa shape index (κ2) is 5.83. The molecular weight excluding hydrogens is 234 g/mol. The Morgan fingerprint density at radius 2 is 2.00 bits per heavy atom. The van der Waals surface area contributed by atoms with Crippen molar-refractivity contribution in [1.82, 2.24) is 4.31 Å². The van der Waals surface area contributed by atoms with Gasteiger partial charge in [-0.25, -0.2) is 8.42 Å². The van der Waals surface area contributed by atoms with Crippen LogP contribution >= 0.6 is 0 Å². The maximum Gasteiger partial charge on any atom is 0.239 e. The van der Waals surface area contributed by atoms with Crippen molar-refractivity contribution in [2.24, 2.45) is 5.92 Å². The van der Waals surface area contributed by atoms with Gasteiger partial charge in [0.1, 0.15) is 0 Å². The number of hydrogen-bond acceptors (Lipinski definition) is 2. The fraction of sp³-hybridized carbons (Fsp3) is 0.692. The molecule has 1 rings (SSSR count). The minimum atomic E-state index is -3.23. The first-order valence-corrected chi connectivity index (χ1v) is 7.66. The zero-order valence-electron chi connectivity index (χ0n) is 11.2. The van der Waals surface area contributed by atoms with Gasteiger partial charge < -0.3 is 0 Å². The topological polar surface area (TPSA) is 37.4 Å². The Hall–Kier alpha value is -0.610. The molecule has 0 spiro atoms. The monoisotopic (exact) mass is 257 g/mol. The van der Waals surface area contributed by atoms with Crippen LogP contribution in [0.15, 0.2) is 22.6 Å². The molecule has 1 heterocycles. The Morgan fingerprint density at radius 1 is 1.35 bits per heavy atom. The average Bonchev–Trinajstić information content (AvgIpc) is 2.65. The molecule has 17 heavy (non-hydrogen) atoms. The highest BCUT2D eigenvalue weighted by atomic mass is 32.2. The van der Waals surface area contributed by atoms with E-state index in [2.05, 4.69) is 6.92 Å². The molecule has 0 aliphatic carbocycles.